The van der Waals surface area contributed by atoms with Crippen molar-refractivity contribution in [3.63, 3.8) is 0 Å². The van der Waals surface area contributed by atoms with Gasteiger partial charge in [-0.2, -0.15) is 0 Å². The molecule has 0 radical (unpaired) electrons. The van der Waals surface area contributed by atoms with E-state index in [2.05, 4.69) is 50.9 Å². The summed E-state index contributed by atoms with van der Waals surface area (Å²) in [5, 5.41) is 5.53. The molecule has 4 heteroatoms. The summed E-state index contributed by atoms with van der Waals surface area (Å²) in [6.07, 6.45) is 0. The van der Waals surface area contributed by atoms with Gasteiger partial charge in [0.1, 0.15) is 0 Å². The first-order valence-electron chi connectivity index (χ1n) is 5.36. The van der Waals surface area contributed by atoms with Crippen molar-refractivity contribution in [2.75, 3.05) is 0 Å². The highest BCUT2D eigenvalue weighted by molar-refractivity contribution is 9.10. The van der Waals surface area contributed by atoms with Crippen LogP contribution in [0.5, 0.6) is 0 Å². The number of hydrogen-bond acceptors (Lipinski definition) is 2. The predicted molar refractivity (Wildman–Crippen MR) is 78.6 cm³/mol. The van der Waals surface area contributed by atoms with Gasteiger partial charge in [0.15, 0.2) is 0 Å². The number of benzene rings is 1. The number of halogens is 2. The Labute approximate surface area is 119 Å². The fourth-order valence-corrected chi connectivity index (χ4v) is 3.22. The van der Waals surface area contributed by atoms with Crippen molar-refractivity contribution in [3.8, 4) is 0 Å². The van der Waals surface area contributed by atoms with Crippen molar-refractivity contribution in [1.29, 1.82) is 0 Å². The Kier molecular flexibility index (Phi) is 5.04. The third kappa shape index (κ3) is 3.81. The zero-order valence-electron chi connectivity index (χ0n) is 9.25. The highest BCUT2D eigenvalue weighted by Crippen LogP contribution is 2.22. The molecule has 1 aromatic carbocycles. The molecule has 1 aromatic heterocycles. The van der Waals surface area contributed by atoms with Crippen LogP contribution in [-0.2, 0) is 19.0 Å². The van der Waals surface area contributed by atoms with E-state index in [-0.39, 0.29) is 0 Å². The van der Waals surface area contributed by atoms with Crippen molar-refractivity contribution in [2.24, 2.45) is 0 Å². The van der Waals surface area contributed by atoms with Crippen LogP contribution >= 0.6 is 38.9 Å². The molecule has 0 amide bonds. The fourth-order valence-electron chi connectivity index (χ4n) is 1.59. The second-order valence-electron chi connectivity index (χ2n) is 3.75. The maximum absolute atomic E-state index is 5.81. The normalized spacial score (nSPS) is 10.7. The van der Waals surface area contributed by atoms with Crippen LogP contribution in [0.4, 0.5) is 0 Å². The van der Waals surface area contributed by atoms with Crippen LogP contribution in [0.1, 0.15) is 16.0 Å². The molecule has 17 heavy (non-hydrogen) atoms. The van der Waals surface area contributed by atoms with Crippen LogP contribution in [0.15, 0.2) is 40.2 Å². The summed E-state index contributed by atoms with van der Waals surface area (Å²) in [4.78, 5) is 1.33. The summed E-state index contributed by atoms with van der Waals surface area (Å²) in [7, 11) is 0. The monoisotopic (exact) mass is 329 g/mol. The van der Waals surface area contributed by atoms with Crippen LogP contribution in [0.2, 0.25) is 0 Å². The average Bonchev–Trinajstić information content (AvgIpc) is 2.76. The van der Waals surface area contributed by atoms with E-state index in [0.29, 0.717) is 5.88 Å². The first-order chi connectivity index (χ1) is 8.29. The number of rotatable bonds is 5. The van der Waals surface area contributed by atoms with Gasteiger partial charge in [0.2, 0.25) is 0 Å². The minimum atomic E-state index is 0.574. The zero-order chi connectivity index (χ0) is 12.1. The first-order valence-corrected chi connectivity index (χ1v) is 7.56. The lowest BCUT2D eigenvalue weighted by molar-refractivity contribution is 0.699. The van der Waals surface area contributed by atoms with Crippen LogP contribution in [0.3, 0.4) is 0 Å². The topological polar surface area (TPSA) is 12.0 Å². The van der Waals surface area contributed by atoms with Gasteiger partial charge in [0, 0.05) is 28.3 Å². The lowest BCUT2D eigenvalue weighted by Gasteiger charge is -2.05. The number of hydrogen-bond donors (Lipinski definition) is 1. The highest BCUT2D eigenvalue weighted by Gasteiger charge is 2.00. The van der Waals surface area contributed by atoms with E-state index in [4.69, 9.17) is 11.6 Å². The number of thiophene rings is 1. The summed E-state index contributed by atoms with van der Waals surface area (Å²) in [5.41, 5.74) is 2.44. The minimum absolute atomic E-state index is 0.574. The lowest BCUT2D eigenvalue weighted by atomic mass is 10.1. The van der Waals surface area contributed by atoms with Crippen LogP contribution in [0.25, 0.3) is 0 Å². The predicted octanol–water partition coefficient (Wildman–Crippen LogP) is 4.54. The first kappa shape index (κ1) is 13.1. The standard InChI is InChI=1S/C13H13BrClNS/c14-12-4-5-17-13(12)9-16-8-11-3-1-2-10(6-11)7-15/h1-6,16H,7-9H2. The van der Waals surface area contributed by atoms with E-state index in [9.17, 15) is 0 Å². The molecule has 0 saturated carbocycles. The SMILES string of the molecule is ClCc1cccc(CNCc2sccc2Br)c1. The molecule has 2 aromatic rings. The Balaban J connectivity index is 1.87. The van der Waals surface area contributed by atoms with Gasteiger partial charge in [0.25, 0.3) is 0 Å². The molecule has 90 valence electrons. The van der Waals surface area contributed by atoms with E-state index in [1.54, 1.807) is 11.3 Å². The third-order valence-electron chi connectivity index (χ3n) is 2.45. The van der Waals surface area contributed by atoms with Crippen molar-refractivity contribution in [2.45, 2.75) is 19.0 Å². The molecule has 0 aliphatic carbocycles. The van der Waals surface area contributed by atoms with Crippen LogP contribution < -0.4 is 5.32 Å². The van der Waals surface area contributed by atoms with E-state index in [1.165, 1.54) is 20.5 Å². The average molecular weight is 331 g/mol. The van der Waals surface area contributed by atoms with Crippen molar-refractivity contribution in [1.82, 2.24) is 5.32 Å². The Bertz CT molecular complexity index is 484. The van der Waals surface area contributed by atoms with Gasteiger partial charge in [-0.25, -0.2) is 0 Å². The second kappa shape index (κ2) is 6.55. The smallest absolute Gasteiger partial charge is 0.0474 e. The van der Waals surface area contributed by atoms with Crippen LogP contribution in [0, 0.1) is 0 Å². The molecule has 2 rings (SSSR count). The Morgan fingerprint density at radius 3 is 2.71 bits per heavy atom. The Morgan fingerprint density at radius 2 is 2.00 bits per heavy atom. The quantitative estimate of drug-likeness (QED) is 0.794. The van der Waals surface area contributed by atoms with Crippen molar-refractivity contribution in [3.05, 3.63) is 56.2 Å². The molecule has 1 heterocycles. The van der Waals surface area contributed by atoms with E-state index in [1.807, 2.05) is 6.07 Å². The molecule has 0 spiro atoms. The largest absolute Gasteiger partial charge is 0.308 e. The fraction of sp³-hybridized carbons (Fsp3) is 0.231. The zero-order valence-corrected chi connectivity index (χ0v) is 12.4. The molecule has 0 fully saturated rings. The lowest BCUT2D eigenvalue weighted by Crippen LogP contribution is -2.12. The van der Waals surface area contributed by atoms with E-state index < -0.39 is 0 Å². The van der Waals surface area contributed by atoms with Gasteiger partial charge in [-0.3, -0.25) is 0 Å². The number of nitrogens with one attached hydrogen (secondary N) is 1. The van der Waals surface area contributed by atoms with E-state index in [0.717, 1.165) is 13.1 Å². The maximum atomic E-state index is 5.81. The van der Waals surface area contributed by atoms with Crippen molar-refractivity contribution < 1.29 is 0 Å². The van der Waals surface area contributed by atoms with Gasteiger partial charge < -0.3 is 5.32 Å². The van der Waals surface area contributed by atoms with E-state index >= 15 is 0 Å². The molecule has 0 aliphatic rings. The van der Waals surface area contributed by atoms with Gasteiger partial charge in [-0.15, -0.1) is 22.9 Å². The highest BCUT2D eigenvalue weighted by atomic mass is 79.9. The summed E-state index contributed by atoms with van der Waals surface area (Å²) in [6, 6.07) is 10.4. The van der Waals surface area contributed by atoms with Gasteiger partial charge in [-0.1, -0.05) is 24.3 Å². The summed E-state index contributed by atoms with van der Waals surface area (Å²) < 4.78 is 1.18. The van der Waals surface area contributed by atoms with Crippen LogP contribution in [-0.4, -0.2) is 0 Å². The molecule has 0 saturated heterocycles. The number of alkyl halides is 1. The van der Waals surface area contributed by atoms with Crippen molar-refractivity contribution >= 4 is 38.9 Å². The molecular weight excluding hydrogens is 318 g/mol. The molecule has 1 nitrogen and oxygen atoms in total. The summed E-state index contributed by atoms with van der Waals surface area (Å²) in [6.45, 7) is 1.76. The molecule has 0 unspecified atom stereocenters. The second-order valence-corrected chi connectivity index (χ2v) is 5.87. The molecule has 0 bridgehead atoms. The summed E-state index contributed by atoms with van der Waals surface area (Å²) >= 11 is 11.1. The maximum Gasteiger partial charge on any atom is 0.0474 e. The Morgan fingerprint density at radius 1 is 1.18 bits per heavy atom. The molecule has 1 N–H and O–H groups in total. The van der Waals surface area contributed by atoms with Gasteiger partial charge in [-0.05, 0) is 38.5 Å². The Hall–Kier alpha value is -0.350. The third-order valence-corrected chi connectivity index (χ3v) is 4.69. The molecule has 0 atom stereocenters. The van der Waals surface area contributed by atoms with Gasteiger partial charge >= 0.3 is 0 Å². The molecule has 0 aliphatic heterocycles. The minimum Gasteiger partial charge on any atom is -0.308 e. The summed E-state index contributed by atoms with van der Waals surface area (Å²) in [5.74, 6) is 0.574. The van der Waals surface area contributed by atoms with Gasteiger partial charge in [0.05, 0.1) is 0 Å². The molecular formula is C13H13BrClNS.